The molecule has 0 bridgehead atoms. The average Bonchev–Trinajstić information content (AvgIpc) is 3.18. The number of anilines is 2. The molecule has 0 unspecified atom stereocenters. The van der Waals surface area contributed by atoms with Gasteiger partial charge in [0.05, 0.1) is 23.1 Å². The van der Waals surface area contributed by atoms with Crippen molar-refractivity contribution in [2.24, 2.45) is 0 Å². The second kappa shape index (κ2) is 10.1. The lowest BCUT2D eigenvalue weighted by Crippen LogP contribution is -2.47. The second-order valence-electron chi connectivity index (χ2n) is 7.68. The van der Waals surface area contributed by atoms with Gasteiger partial charge in [0, 0.05) is 46.4 Å². The van der Waals surface area contributed by atoms with E-state index in [0.29, 0.717) is 18.0 Å². The van der Waals surface area contributed by atoms with Gasteiger partial charge in [0.25, 0.3) is 5.91 Å². The number of aryl methyl sites for hydroxylation is 1. The van der Waals surface area contributed by atoms with Crippen molar-refractivity contribution < 1.29 is 14.3 Å². The molecule has 1 fully saturated rings. The van der Waals surface area contributed by atoms with Gasteiger partial charge in [0.1, 0.15) is 22.7 Å². The Morgan fingerprint density at radius 3 is 2.62 bits per heavy atom. The summed E-state index contributed by atoms with van der Waals surface area (Å²) in [6, 6.07) is 8.11. The van der Waals surface area contributed by atoms with Gasteiger partial charge in [-0.25, -0.2) is 9.97 Å². The summed E-state index contributed by atoms with van der Waals surface area (Å²) >= 11 is 1.43. The van der Waals surface area contributed by atoms with Crippen LogP contribution < -0.4 is 19.9 Å². The maximum Gasteiger partial charge on any atom is 0.261 e. The number of fused-ring (bicyclic) bond motifs is 1. The molecular formula is C23H29N5O3S. The zero-order valence-electron chi connectivity index (χ0n) is 18.8. The minimum atomic E-state index is -0.0615. The molecule has 170 valence electrons. The van der Waals surface area contributed by atoms with E-state index in [-0.39, 0.29) is 5.91 Å². The summed E-state index contributed by atoms with van der Waals surface area (Å²) in [6.07, 6.45) is 2.38. The fourth-order valence-corrected chi connectivity index (χ4v) is 5.12. The van der Waals surface area contributed by atoms with Crippen LogP contribution in [0, 0.1) is 6.92 Å². The molecule has 1 aliphatic rings. The Balaban J connectivity index is 1.51. The molecule has 0 spiro atoms. The van der Waals surface area contributed by atoms with E-state index < -0.39 is 0 Å². The number of rotatable bonds is 8. The first-order valence-electron chi connectivity index (χ1n) is 10.8. The summed E-state index contributed by atoms with van der Waals surface area (Å²) < 4.78 is 10.6. The van der Waals surface area contributed by atoms with Gasteiger partial charge in [-0.2, -0.15) is 0 Å². The van der Waals surface area contributed by atoms with Gasteiger partial charge in [0.15, 0.2) is 0 Å². The molecule has 0 aliphatic carbocycles. The van der Waals surface area contributed by atoms with Crippen LogP contribution in [0.4, 0.5) is 11.5 Å². The Morgan fingerprint density at radius 2 is 1.88 bits per heavy atom. The number of aromatic nitrogens is 2. The van der Waals surface area contributed by atoms with E-state index in [1.54, 1.807) is 20.5 Å². The summed E-state index contributed by atoms with van der Waals surface area (Å²) in [6.45, 7) is 6.59. The number of methoxy groups -OCH3 is 2. The van der Waals surface area contributed by atoms with E-state index in [4.69, 9.17) is 9.47 Å². The fraction of sp³-hybridized carbons (Fsp3) is 0.435. The maximum absolute atomic E-state index is 12.7. The Morgan fingerprint density at radius 1 is 1.12 bits per heavy atom. The first-order valence-corrected chi connectivity index (χ1v) is 11.6. The third kappa shape index (κ3) is 4.49. The fourth-order valence-electron chi connectivity index (χ4n) is 4.06. The van der Waals surface area contributed by atoms with E-state index in [9.17, 15) is 4.79 Å². The molecule has 1 saturated heterocycles. The van der Waals surface area contributed by atoms with Crippen molar-refractivity contribution in [3.05, 3.63) is 41.0 Å². The van der Waals surface area contributed by atoms with Gasteiger partial charge in [-0.05, 0) is 31.0 Å². The first kappa shape index (κ1) is 22.3. The lowest BCUT2D eigenvalue weighted by molar-refractivity contribution is 0.0952. The molecule has 0 atom stereocenters. The minimum absolute atomic E-state index is 0.0615. The van der Waals surface area contributed by atoms with Gasteiger partial charge in [-0.1, -0.05) is 12.1 Å². The molecule has 1 amide bonds. The van der Waals surface area contributed by atoms with Gasteiger partial charge >= 0.3 is 0 Å². The van der Waals surface area contributed by atoms with E-state index in [0.717, 1.165) is 65.6 Å². The number of carbonyl (C=O) groups is 1. The molecule has 4 rings (SSSR count). The average molecular weight is 456 g/mol. The van der Waals surface area contributed by atoms with Gasteiger partial charge in [0.2, 0.25) is 0 Å². The molecule has 8 nitrogen and oxygen atoms in total. The molecule has 2 aromatic heterocycles. The number of nitrogens with zero attached hydrogens (tertiary/aromatic N) is 4. The standard InChI is InChI=1S/C23H29N5O3S/c1-16-19-21(25-15-26-23(19)32-20(16)22(29)24-9-6-14-30-2)28-12-10-27(11-13-28)17-7-4-5-8-18(17)31-3/h4-5,7-8,15H,6,9-14H2,1-3H3,(H,24,29). The number of amides is 1. The zero-order chi connectivity index (χ0) is 22.5. The van der Waals surface area contributed by atoms with E-state index in [1.165, 1.54) is 11.3 Å². The van der Waals surface area contributed by atoms with Crippen LogP contribution in [-0.4, -0.2) is 69.4 Å². The summed E-state index contributed by atoms with van der Waals surface area (Å²) in [7, 11) is 3.37. The zero-order valence-corrected chi connectivity index (χ0v) is 19.6. The smallest absolute Gasteiger partial charge is 0.261 e. The highest BCUT2D eigenvalue weighted by atomic mass is 32.1. The van der Waals surface area contributed by atoms with Crippen LogP contribution in [0.5, 0.6) is 5.75 Å². The Labute approximate surface area is 192 Å². The number of carbonyl (C=O) groups excluding carboxylic acids is 1. The predicted molar refractivity (Wildman–Crippen MR) is 128 cm³/mol. The van der Waals surface area contributed by atoms with E-state index in [2.05, 4.69) is 31.2 Å². The number of benzene rings is 1. The van der Waals surface area contributed by atoms with Gasteiger partial charge in [-0.15, -0.1) is 11.3 Å². The van der Waals surface area contributed by atoms with Crippen LogP contribution in [0.1, 0.15) is 21.7 Å². The molecule has 1 aromatic carbocycles. The lowest BCUT2D eigenvalue weighted by Gasteiger charge is -2.37. The van der Waals surface area contributed by atoms with Crippen LogP contribution in [0.25, 0.3) is 10.2 Å². The summed E-state index contributed by atoms with van der Waals surface area (Å²) in [5.74, 6) is 1.73. The number of hydrogen-bond acceptors (Lipinski definition) is 8. The molecule has 0 saturated carbocycles. The number of para-hydroxylation sites is 2. The molecule has 32 heavy (non-hydrogen) atoms. The molecule has 3 heterocycles. The Hall–Kier alpha value is -2.91. The number of hydrogen-bond donors (Lipinski definition) is 1. The summed E-state index contributed by atoms with van der Waals surface area (Å²) in [5, 5.41) is 3.96. The van der Waals surface area contributed by atoms with Crippen LogP contribution in [0.2, 0.25) is 0 Å². The third-order valence-electron chi connectivity index (χ3n) is 5.73. The minimum Gasteiger partial charge on any atom is -0.495 e. The van der Waals surface area contributed by atoms with Crippen LogP contribution in [0.15, 0.2) is 30.6 Å². The highest BCUT2D eigenvalue weighted by Crippen LogP contribution is 2.36. The first-order chi connectivity index (χ1) is 15.6. The number of ether oxygens (including phenoxy) is 2. The van der Waals surface area contributed by atoms with Crippen molar-refractivity contribution in [1.82, 2.24) is 15.3 Å². The van der Waals surface area contributed by atoms with E-state index in [1.807, 2.05) is 25.1 Å². The van der Waals surface area contributed by atoms with Gasteiger partial charge in [-0.3, -0.25) is 4.79 Å². The Kier molecular flexibility index (Phi) is 7.06. The lowest BCUT2D eigenvalue weighted by atomic mass is 10.1. The topological polar surface area (TPSA) is 79.8 Å². The quantitative estimate of drug-likeness (QED) is 0.523. The third-order valence-corrected chi connectivity index (χ3v) is 6.93. The highest BCUT2D eigenvalue weighted by molar-refractivity contribution is 7.20. The van der Waals surface area contributed by atoms with Crippen LogP contribution in [0.3, 0.4) is 0 Å². The molecule has 0 radical (unpaired) electrons. The maximum atomic E-state index is 12.7. The molecule has 1 aliphatic heterocycles. The monoisotopic (exact) mass is 455 g/mol. The van der Waals surface area contributed by atoms with Crippen molar-refractivity contribution in [1.29, 1.82) is 0 Å². The largest absolute Gasteiger partial charge is 0.495 e. The number of thiophene rings is 1. The predicted octanol–water partition coefficient (Wildman–Crippen LogP) is 3.10. The van der Waals surface area contributed by atoms with Crippen molar-refractivity contribution >= 4 is 39.0 Å². The molecule has 1 N–H and O–H groups in total. The summed E-state index contributed by atoms with van der Waals surface area (Å²) in [4.78, 5) is 28.0. The van der Waals surface area contributed by atoms with Gasteiger partial charge < -0.3 is 24.6 Å². The second-order valence-corrected chi connectivity index (χ2v) is 8.68. The molecule has 3 aromatic rings. The SMILES string of the molecule is COCCCNC(=O)c1sc2ncnc(N3CCN(c4ccccc4OC)CC3)c2c1C. The number of piperazine rings is 1. The molecular weight excluding hydrogens is 426 g/mol. The van der Waals surface area contributed by atoms with Crippen LogP contribution in [-0.2, 0) is 4.74 Å². The summed E-state index contributed by atoms with van der Waals surface area (Å²) in [5.41, 5.74) is 2.05. The normalized spacial score (nSPS) is 14.1. The number of nitrogens with one attached hydrogen (secondary N) is 1. The van der Waals surface area contributed by atoms with Crippen molar-refractivity contribution in [3.63, 3.8) is 0 Å². The molecule has 9 heteroatoms. The van der Waals surface area contributed by atoms with Crippen molar-refractivity contribution in [3.8, 4) is 5.75 Å². The van der Waals surface area contributed by atoms with Crippen LogP contribution >= 0.6 is 11.3 Å². The van der Waals surface area contributed by atoms with Crippen molar-refractivity contribution in [2.75, 3.05) is 63.4 Å². The Bertz CT molecular complexity index is 1080. The van der Waals surface area contributed by atoms with Crippen molar-refractivity contribution in [2.45, 2.75) is 13.3 Å². The van der Waals surface area contributed by atoms with E-state index >= 15 is 0 Å². The highest BCUT2D eigenvalue weighted by Gasteiger charge is 2.25.